The second kappa shape index (κ2) is 7.35. The van der Waals surface area contributed by atoms with E-state index in [4.69, 9.17) is 4.18 Å². The molecule has 21 heavy (non-hydrogen) atoms. The minimum absolute atomic E-state index is 0.120. The summed E-state index contributed by atoms with van der Waals surface area (Å²) < 4.78 is 52.0. The van der Waals surface area contributed by atoms with Crippen LogP contribution in [0, 0.1) is 5.92 Å². The van der Waals surface area contributed by atoms with Gasteiger partial charge in [-0.3, -0.25) is 4.18 Å². The van der Waals surface area contributed by atoms with Gasteiger partial charge in [-0.05, 0) is 12.0 Å². The van der Waals surface area contributed by atoms with Crippen LogP contribution in [-0.2, 0) is 30.7 Å². The maximum absolute atomic E-state index is 11.6. The number of hydrogen-bond acceptors (Lipinski definition) is 5. The third-order valence-corrected chi connectivity index (χ3v) is 5.21. The maximum Gasteiger partial charge on any atom is 0.337 e. The van der Waals surface area contributed by atoms with Crippen LogP contribution < -0.4 is 0 Å². The van der Waals surface area contributed by atoms with Crippen molar-refractivity contribution in [1.29, 1.82) is 0 Å². The van der Waals surface area contributed by atoms with E-state index in [0.29, 0.717) is 6.42 Å². The average molecular weight is 335 g/mol. The van der Waals surface area contributed by atoms with Crippen molar-refractivity contribution in [2.24, 2.45) is 5.92 Å². The van der Waals surface area contributed by atoms with E-state index < -0.39 is 26.1 Å². The Morgan fingerprint density at radius 3 is 2.14 bits per heavy atom. The molecule has 8 heteroatoms. The molecule has 0 spiro atoms. The van der Waals surface area contributed by atoms with Gasteiger partial charge in [0.2, 0.25) is 0 Å². The van der Waals surface area contributed by atoms with Crippen LogP contribution in [0.3, 0.4) is 0 Å². The lowest BCUT2D eigenvalue weighted by atomic mass is 10.0. The molecule has 0 aliphatic carbocycles. The zero-order chi connectivity index (χ0) is 16.1. The van der Waals surface area contributed by atoms with Gasteiger partial charge < -0.3 is 0 Å². The van der Waals surface area contributed by atoms with Gasteiger partial charge in [0.05, 0.1) is 12.4 Å². The van der Waals surface area contributed by atoms with Gasteiger partial charge in [-0.25, -0.2) is 8.42 Å². The van der Waals surface area contributed by atoms with Crippen LogP contribution >= 0.6 is 0 Å². The Labute approximate surface area is 126 Å². The lowest BCUT2D eigenvalue weighted by Crippen LogP contribution is -2.29. The molecule has 0 saturated carbocycles. The van der Waals surface area contributed by atoms with Gasteiger partial charge in [-0.15, -0.1) is 0 Å². The molecule has 0 saturated heterocycles. The van der Waals surface area contributed by atoms with E-state index >= 15 is 0 Å². The smallest absolute Gasteiger partial charge is 0.258 e. The van der Waals surface area contributed by atoms with Gasteiger partial charge >= 0.3 is 10.3 Å². The highest BCUT2D eigenvalue weighted by Crippen LogP contribution is 2.13. The molecule has 0 aliphatic rings. The summed E-state index contributed by atoms with van der Waals surface area (Å²) >= 11 is 0. The Hall–Kier alpha value is -0.960. The Morgan fingerprint density at radius 1 is 1.10 bits per heavy atom. The fraction of sp³-hybridized carbons (Fsp3) is 0.538. The summed E-state index contributed by atoms with van der Waals surface area (Å²) in [7, 11) is -4.30. The highest BCUT2D eigenvalue weighted by Gasteiger charge is 2.21. The lowest BCUT2D eigenvalue weighted by molar-refractivity contribution is 0.245. The molecular weight excluding hydrogens is 314 g/mol. The molecule has 0 amide bonds. The van der Waals surface area contributed by atoms with Gasteiger partial charge in [-0.2, -0.15) is 12.7 Å². The molecule has 0 unspecified atom stereocenters. The van der Waals surface area contributed by atoms with Crippen LogP contribution in [0.5, 0.6) is 0 Å². The van der Waals surface area contributed by atoms with Crippen LogP contribution in [0.2, 0.25) is 0 Å². The topological polar surface area (TPSA) is 80.8 Å². The van der Waals surface area contributed by atoms with Gasteiger partial charge in [0.15, 0.2) is 0 Å². The molecule has 1 atom stereocenters. The number of rotatable bonds is 8. The number of benzene rings is 1. The highest BCUT2D eigenvalue weighted by molar-refractivity contribution is 7.90. The van der Waals surface area contributed by atoms with Crippen molar-refractivity contribution in [3.8, 4) is 0 Å². The summed E-state index contributed by atoms with van der Waals surface area (Å²) in [5.41, 5.74) is 0.942. The first kappa shape index (κ1) is 18.1. The van der Waals surface area contributed by atoms with E-state index in [-0.39, 0.29) is 12.4 Å². The van der Waals surface area contributed by atoms with Gasteiger partial charge in [0.1, 0.15) is 9.84 Å². The second-order valence-electron chi connectivity index (χ2n) is 5.17. The molecule has 0 heterocycles. The van der Waals surface area contributed by atoms with E-state index in [0.717, 1.165) is 16.1 Å². The van der Waals surface area contributed by atoms with Crippen LogP contribution in [0.25, 0.3) is 0 Å². The van der Waals surface area contributed by atoms with Gasteiger partial charge in [0.25, 0.3) is 0 Å². The van der Waals surface area contributed by atoms with E-state index in [1.165, 1.54) is 14.1 Å². The molecule has 0 aliphatic heterocycles. The maximum atomic E-state index is 11.6. The quantitative estimate of drug-likeness (QED) is 0.699. The number of nitrogens with zero attached hydrogens (tertiary/aromatic N) is 1. The predicted octanol–water partition coefficient (Wildman–Crippen LogP) is 0.713. The molecule has 1 aromatic rings. The second-order valence-corrected chi connectivity index (χ2v) is 9.18. The Bertz CT molecular complexity index is 638. The predicted molar refractivity (Wildman–Crippen MR) is 81.9 cm³/mol. The first-order valence-corrected chi connectivity index (χ1v) is 9.81. The van der Waals surface area contributed by atoms with Crippen molar-refractivity contribution in [3.63, 3.8) is 0 Å². The SMILES string of the molecule is CN(C)S(=O)(=O)OC[C@H](Cc1ccccc1)CS(C)(=O)=O. The van der Waals surface area contributed by atoms with Crippen LogP contribution in [-0.4, -0.2) is 53.9 Å². The van der Waals surface area contributed by atoms with Gasteiger partial charge in [-0.1, -0.05) is 30.3 Å². The van der Waals surface area contributed by atoms with Crippen LogP contribution in [0.1, 0.15) is 5.56 Å². The number of hydrogen-bond donors (Lipinski definition) is 0. The summed E-state index contributed by atoms with van der Waals surface area (Å²) in [5, 5.41) is 0. The van der Waals surface area contributed by atoms with Crippen molar-refractivity contribution < 1.29 is 21.0 Å². The van der Waals surface area contributed by atoms with Crippen LogP contribution in [0.4, 0.5) is 0 Å². The molecule has 1 rings (SSSR count). The molecular formula is C13H21NO5S2. The average Bonchev–Trinajstić information content (AvgIpc) is 2.35. The minimum atomic E-state index is -3.80. The summed E-state index contributed by atoms with van der Waals surface area (Å²) in [5.74, 6) is -0.540. The summed E-state index contributed by atoms with van der Waals surface area (Å²) in [6.07, 6.45) is 1.57. The fourth-order valence-electron chi connectivity index (χ4n) is 1.83. The van der Waals surface area contributed by atoms with E-state index in [2.05, 4.69) is 0 Å². The van der Waals surface area contributed by atoms with E-state index in [9.17, 15) is 16.8 Å². The molecule has 0 N–H and O–H groups in total. The van der Waals surface area contributed by atoms with Crippen molar-refractivity contribution in [2.45, 2.75) is 6.42 Å². The molecule has 0 bridgehead atoms. The summed E-state index contributed by atoms with van der Waals surface area (Å²) in [4.78, 5) is 0. The molecule has 1 aromatic carbocycles. The third kappa shape index (κ3) is 7.03. The number of sulfone groups is 1. The Kier molecular flexibility index (Phi) is 6.33. The summed E-state index contributed by atoms with van der Waals surface area (Å²) in [6.45, 7) is -0.164. The van der Waals surface area contributed by atoms with Gasteiger partial charge in [0, 0.05) is 26.3 Å². The molecule has 120 valence electrons. The third-order valence-electron chi connectivity index (χ3n) is 2.81. The van der Waals surface area contributed by atoms with Crippen molar-refractivity contribution in [3.05, 3.63) is 35.9 Å². The molecule has 6 nitrogen and oxygen atoms in total. The van der Waals surface area contributed by atoms with E-state index in [1.54, 1.807) is 0 Å². The van der Waals surface area contributed by atoms with Crippen LogP contribution in [0.15, 0.2) is 30.3 Å². The zero-order valence-corrected chi connectivity index (χ0v) is 14.0. The van der Waals surface area contributed by atoms with E-state index in [1.807, 2.05) is 30.3 Å². The fourth-order valence-corrected chi connectivity index (χ4v) is 3.47. The standard InChI is InChI=1S/C13H21NO5S2/c1-14(2)21(17,18)19-10-13(11-20(3,15)16)9-12-7-5-4-6-8-12/h4-8,13H,9-11H2,1-3H3/t13-/m0/s1. The van der Waals surface area contributed by atoms with Crippen molar-refractivity contribution in [2.75, 3.05) is 32.7 Å². The zero-order valence-electron chi connectivity index (χ0n) is 12.4. The lowest BCUT2D eigenvalue weighted by Gasteiger charge is -2.18. The first-order chi connectivity index (χ1) is 9.60. The monoisotopic (exact) mass is 335 g/mol. The first-order valence-electron chi connectivity index (χ1n) is 6.38. The molecule has 0 aromatic heterocycles. The van der Waals surface area contributed by atoms with Crippen molar-refractivity contribution >= 4 is 20.1 Å². The Morgan fingerprint density at radius 2 is 1.67 bits per heavy atom. The van der Waals surface area contributed by atoms with Crippen molar-refractivity contribution in [1.82, 2.24) is 4.31 Å². The largest absolute Gasteiger partial charge is 0.337 e. The molecule has 0 fully saturated rings. The minimum Gasteiger partial charge on any atom is -0.258 e. The summed E-state index contributed by atoms with van der Waals surface area (Å²) in [6, 6.07) is 9.31. The normalized spacial score (nSPS) is 14.3. The molecule has 0 radical (unpaired) electrons. The highest BCUT2D eigenvalue weighted by atomic mass is 32.2. The Balaban J connectivity index is 2.79.